The first-order chi connectivity index (χ1) is 10.7. The van der Waals surface area contributed by atoms with Crippen molar-refractivity contribution in [2.24, 2.45) is 4.99 Å². The molecule has 1 aromatic rings. The van der Waals surface area contributed by atoms with E-state index in [0.29, 0.717) is 19.0 Å². The number of rotatable bonds is 0. The fraction of sp³-hybridized carbons (Fsp3) is 0.500. The fourth-order valence-corrected chi connectivity index (χ4v) is 3.98. The van der Waals surface area contributed by atoms with E-state index >= 15 is 0 Å². The molecule has 22 heavy (non-hydrogen) atoms. The molecule has 0 bridgehead atoms. The second-order valence-corrected chi connectivity index (χ2v) is 6.15. The van der Waals surface area contributed by atoms with E-state index in [1.807, 2.05) is 30.0 Å². The number of nitrogens with zero attached hydrogens (tertiary/aromatic N) is 2. The van der Waals surface area contributed by atoms with Crippen LogP contribution in [0.2, 0.25) is 0 Å². The number of ether oxygens (including phenoxy) is 3. The number of amides is 1. The summed E-state index contributed by atoms with van der Waals surface area (Å²) >= 11 is 0. The van der Waals surface area contributed by atoms with E-state index in [0.717, 1.165) is 23.4 Å². The molecule has 0 radical (unpaired) electrons. The van der Waals surface area contributed by atoms with Crippen molar-refractivity contribution >= 4 is 17.5 Å². The number of aliphatic imine (C=N–C) groups is 1. The van der Waals surface area contributed by atoms with Crippen LogP contribution in [0.1, 0.15) is 18.9 Å². The van der Waals surface area contributed by atoms with Crippen molar-refractivity contribution in [3.05, 3.63) is 23.8 Å². The molecule has 0 saturated carbocycles. The van der Waals surface area contributed by atoms with E-state index in [2.05, 4.69) is 4.99 Å². The number of carbonyl (C=O) groups excluding carboxylic acids is 1. The second kappa shape index (κ2) is 4.01. The van der Waals surface area contributed by atoms with Crippen molar-refractivity contribution in [2.45, 2.75) is 31.1 Å². The van der Waals surface area contributed by atoms with Gasteiger partial charge >= 0.3 is 0 Å². The molecule has 3 atom stereocenters. The van der Waals surface area contributed by atoms with Gasteiger partial charge in [0.15, 0.2) is 6.10 Å². The lowest BCUT2D eigenvalue weighted by molar-refractivity contribution is -0.127. The predicted molar refractivity (Wildman–Crippen MR) is 78.3 cm³/mol. The molecule has 0 N–H and O–H groups in total. The van der Waals surface area contributed by atoms with Gasteiger partial charge in [-0.05, 0) is 19.4 Å². The zero-order valence-corrected chi connectivity index (χ0v) is 12.2. The molecule has 3 unspecified atom stereocenters. The molecular formula is C16H16N2O4. The molecule has 114 valence electrons. The van der Waals surface area contributed by atoms with Crippen molar-refractivity contribution in [3.63, 3.8) is 0 Å². The van der Waals surface area contributed by atoms with Gasteiger partial charge in [-0.1, -0.05) is 12.1 Å². The van der Waals surface area contributed by atoms with Gasteiger partial charge in [-0.2, -0.15) is 0 Å². The summed E-state index contributed by atoms with van der Waals surface area (Å²) in [5.41, 5.74) is 1.02. The van der Waals surface area contributed by atoms with Gasteiger partial charge in [0, 0.05) is 12.1 Å². The van der Waals surface area contributed by atoms with E-state index in [1.54, 1.807) is 0 Å². The highest BCUT2D eigenvalue weighted by Gasteiger charge is 2.65. The Labute approximate surface area is 127 Å². The van der Waals surface area contributed by atoms with Crippen LogP contribution in [-0.2, 0) is 19.7 Å². The minimum atomic E-state index is -0.810. The van der Waals surface area contributed by atoms with Gasteiger partial charge in [0.05, 0.1) is 12.3 Å². The van der Waals surface area contributed by atoms with Crippen LogP contribution >= 0.6 is 0 Å². The second-order valence-electron chi connectivity index (χ2n) is 6.15. The molecular weight excluding hydrogens is 284 g/mol. The molecule has 1 fully saturated rings. The monoisotopic (exact) mass is 300 g/mol. The Hall–Kier alpha value is -2.08. The first-order valence-corrected chi connectivity index (χ1v) is 7.66. The Morgan fingerprint density at radius 3 is 3.18 bits per heavy atom. The summed E-state index contributed by atoms with van der Waals surface area (Å²) in [5, 5.41) is 0. The molecule has 4 aliphatic heterocycles. The number of benzene rings is 1. The SMILES string of the molecule is CC1N=C2OCC3(C(=O)N4CCCOc5cccc3c54)C2O1. The Morgan fingerprint density at radius 2 is 2.27 bits per heavy atom. The van der Waals surface area contributed by atoms with Crippen LogP contribution in [0.5, 0.6) is 5.75 Å². The highest BCUT2D eigenvalue weighted by Crippen LogP contribution is 2.53. The van der Waals surface area contributed by atoms with Crippen LogP contribution in [0.25, 0.3) is 0 Å². The van der Waals surface area contributed by atoms with Crippen LogP contribution < -0.4 is 9.64 Å². The summed E-state index contributed by atoms with van der Waals surface area (Å²) in [7, 11) is 0. The molecule has 6 nitrogen and oxygen atoms in total. The molecule has 1 aromatic carbocycles. The molecule has 4 aliphatic rings. The Kier molecular flexibility index (Phi) is 2.27. The molecule has 1 amide bonds. The summed E-state index contributed by atoms with van der Waals surface area (Å²) in [5.74, 6) is 1.37. The maximum Gasteiger partial charge on any atom is 0.244 e. The van der Waals surface area contributed by atoms with Crippen LogP contribution in [0.3, 0.4) is 0 Å². The first-order valence-electron chi connectivity index (χ1n) is 7.66. The molecule has 0 aliphatic carbocycles. The summed E-state index contributed by atoms with van der Waals surface area (Å²) in [4.78, 5) is 19.5. The molecule has 4 heterocycles. The summed E-state index contributed by atoms with van der Waals surface area (Å²) < 4.78 is 17.5. The third-order valence-corrected chi connectivity index (χ3v) is 4.92. The first kappa shape index (κ1) is 12.5. The molecule has 1 spiro atoms. The number of anilines is 1. The predicted octanol–water partition coefficient (Wildman–Crippen LogP) is 1.23. The molecule has 1 saturated heterocycles. The number of para-hydroxylation sites is 1. The van der Waals surface area contributed by atoms with Crippen LogP contribution in [0.15, 0.2) is 23.2 Å². The topological polar surface area (TPSA) is 60.4 Å². The van der Waals surface area contributed by atoms with Crippen LogP contribution in [-0.4, -0.2) is 43.9 Å². The number of hydrogen-bond donors (Lipinski definition) is 0. The van der Waals surface area contributed by atoms with Crippen molar-refractivity contribution in [3.8, 4) is 5.75 Å². The lowest BCUT2D eigenvalue weighted by atomic mass is 9.78. The number of fused-ring (bicyclic) bond motifs is 3. The summed E-state index contributed by atoms with van der Waals surface area (Å²) in [6, 6.07) is 5.85. The fourth-order valence-electron chi connectivity index (χ4n) is 3.98. The van der Waals surface area contributed by atoms with Gasteiger partial charge in [-0.15, -0.1) is 0 Å². The maximum atomic E-state index is 13.3. The number of hydrogen-bond acceptors (Lipinski definition) is 5. The summed E-state index contributed by atoms with van der Waals surface area (Å²) in [6.07, 6.45) is 0.128. The zero-order chi connectivity index (χ0) is 14.9. The summed E-state index contributed by atoms with van der Waals surface area (Å²) in [6.45, 7) is 3.45. The van der Waals surface area contributed by atoms with E-state index in [1.165, 1.54) is 0 Å². The zero-order valence-electron chi connectivity index (χ0n) is 12.2. The van der Waals surface area contributed by atoms with Crippen molar-refractivity contribution < 1.29 is 19.0 Å². The van der Waals surface area contributed by atoms with E-state index < -0.39 is 11.5 Å². The van der Waals surface area contributed by atoms with Crippen molar-refractivity contribution in [1.82, 2.24) is 0 Å². The van der Waals surface area contributed by atoms with E-state index in [9.17, 15) is 4.79 Å². The average molecular weight is 300 g/mol. The lowest BCUT2D eigenvalue weighted by Crippen LogP contribution is -2.49. The highest BCUT2D eigenvalue weighted by molar-refractivity contribution is 6.14. The minimum Gasteiger partial charge on any atom is -0.491 e. The third kappa shape index (κ3) is 1.30. The minimum absolute atomic E-state index is 0.0461. The Balaban J connectivity index is 1.74. The lowest BCUT2D eigenvalue weighted by Gasteiger charge is -2.26. The van der Waals surface area contributed by atoms with Crippen molar-refractivity contribution in [1.29, 1.82) is 0 Å². The standard InChI is InChI=1S/C16H16N2O4/c1-9-17-14-13(22-9)16(8-21-14)10-4-2-5-11-12(10)18(15(16)19)6-3-7-20-11/h2,4-5,9,13H,3,6-8H2,1H3. The van der Waals surface area contributed by atoms with Gasteiger partial charge in [0.25, 0.3) is 0 Å². The molecule has 0 aromatic heterocycles. The van der Waals surface area contributed by atoms with Crippen LogP contribution in [0.4, 0.5) is 5.69 Å². The van der Waals surface area contributed by atoms with Gasteiger partial charge in [0.1, 0.15) is 24.0 Å². The van der Waals surface area contributed by atoms with E-state index in [4.69, 9.17) is 14.2 Å². The van der Waals surface area contributed by atoms with E-state index in [-0.39, 0.29) is 18.7 Å². The smallest absolute Gasteiger partial charge is 0.244 e. The molecule has 5 rings (SSSR count). The van der Waals surface area contributed by atoms with Gasteiger partial charge in [0.2, 0.25) is 11.8 Å². The molecule has 6 heteroatoms. The van der Waals surface area contributed by atoms with Gasteiger partial charge in [-0.25, -0.2) is 4.99 Å². The largest absolute Gasteiger partial charge is 0.491 e. The Morgan fingerprint density at radius 1 is 1.36 bits per heavy atom. The Bertz CT molecular complexity index is 716. The maximum absolute atomic E-state index is 13.3. The highest BCUT2D eigenvalue weighted by atomic mass is 16.6. The quantitative estimate of drug-likeness (QED) is 0.723. The van der Waals surface area contributed by atoms with Gasteiger partial charge < -0.3 is 19.1 Å². The van der Waals surface area contributed by atoms with Crippen LogP contribution in [0, 0.1) is 0 Å². The average Bonchev–Trinajstić information content (AvgIpc) is 3.04. The van der Waals surface area contributed by atoms with Gasteiger partial charge in [-0.3, -0.25) is 4.79 Å². The third-order valence-electron chi connectivity index (χ3n) is 4.92. The number of carbonyl (C=O) groups is 1. The van der Waals surface area contributed by atoms with Crippen molar-refractivity contribution in [2.75, 3.05) is 24.7 Å². The normalized spacial score (nSPS) is 34.9.